The number of amides is 1. The zero-order valence-corrected chi connectivity index (χ0v) is 12.8. The molecule has 0 spiro atoms. The Balaban J connectivity index is 1.69. The van der Waals surface area contributed by atoms with E-state index in [0.29, 0.717) is 37.2 Å². The Hall–Kier alpha value is -1.58. The highest BCUT2D eigenvalue weighted by molar-refractivity contribution is 5.76. The van der Waals surface area contributed by atoms with Gasteiger partial charge in [-0.25, -0.2) is 4.39 Å². The number of hydrogen-bond donors (Lipinski definition) is 0. The Bertz CT molecular complexity index is 454. The molecule has 1 aliphatic rings. The molecule has 0 atom stereocenters. The third-order valence-electron chi connectivity index (χ3n) is 3.49. The van der Waals surface area contributed by atoms with Crippen LogP contribution in [0.15, 0.2) is 24.3 Å². The van der Waals surface area contributed by atoms with Crippen molar-refractivity contribution in [2.45, 2.75) is 45.6 Å². The molecule has 0 radical (unpaired) electrons. The molecule has 1 fully saturated rings. The molecule has 0 saturated heterocycles. The number of rotatable bonds is 8. The molecule has 1 aromatic carbocycles. The maximum Gasteiger partial charge on any atom is 0.222 e. The van der Waals surface area contributed by atoms with Crippen molar-refractivity contribution < 1.29 is 13.9 Å². The van der Waals surface area contributed by atoms with Crippen molar-refractivity contribution >= 4 is 5.91 Å². The largest absolute Gasteiger partial charge is 0.494 e. The lowest BCUT2D eigenvalue weighted by atomic mass is 10.2. The molecule has 21 heavy (non-hydrogen) atoms. The fourth-order valence-electron chi connectivity index (χ4n) is 2.32. The predicted molar refractivity (Wildman–Crippen MR) is 80.7 cm³/mol. The minimum absolute atomic E-state index is 0.230. The lowest BCUT2D eigenvalue weighted by Gasteiger charge is -2.24. The quantitative estimate of drug-likeness (QED) is 0.685. The Labute approximate surface area is 126 Å². The van der Waals surface area contributed by atoms with E-state index in [2.05, 4.69) is 13.8 Å². The van der Waals surface area contributed by atoms with Gasteiger partial charge in [0.05, 0.1) is 6.61 Å². The topological polar surface area (TPSA) is 29.5 Å². The van der Waals surface area contributed by atoms with Crippen LogP contribution in [-0.2, 0) is 4.79 Å². The minimum Gasteiger partial charge on any atom is -0.494 e. The Morgan fingerprint density at radius 3 is 2.57 bits per heavy atom. The monoisotopic (exact) mass is 293 g/mol. The number of benzene rings is 1. The molecule has 3 nitrogen and oxygen atoms in total. The van der Waals surface area contributed by atoms with Crippen LogP contribution in [0.2, 0.25) is 0 Å². The van der Waals surface area contributed by atoms with Gasteiger partial charge in [-0.3, -0.25) is 4.79 Å². The van der Waals surface area contributed by atoms with E-state index in [-0.39, 0.29) is 11.7 Å². The van der Waals surface area contributed by atoms with Crippen molar-refractivity contribution in [3.8, 4) is 5.75 Å². The van der Waals surface area contributed by atoms with Gasteiger partial charge in [-0.05, 0) is 49.4 Å². The summed E-state index contributed by atoms with van der Waals surface area (Å²) in [5.41, 5.74) is 0. The normalized spacial score (nSPS) is 14.3. The number of halogens is 1. The fourth-order valence-corrected chi connectivity index (χ4v) is 2.32. The number of carbonyl (C=O) groups is 1. The number of ether oxygens (including phenoxy) is 1. The van der Waals surface area contributed by atoms with Crippen LogP contribution in [0, 0.1) is 11.7 Å². The summed E-state index contributed by atoms with van der Waals surface area (Å²) in [5, 5.41) is 0. The molecule has 0 unspecified atom stereocenters. The highest BCUT2D eigenvalue weighted by atomic mass is 19.1. The van der Waals surface area contributed by atoms with E-state index in [4.69, 9.17) is 4.74 Å². The zero-order valence-electron chi connectivity index (χ0n) is 12.8. The van der Waals surface area contributed by atoms with Crippen LogP contribution in [0.1, 0.15) is 39.5 Å². The van der Waals surface area contributed by atoms with Crippen LogP contribution in [0.3, 0.4) is 0 Å². The molecule has 1 amide bonds. The van der Waals surface area contributed by atoms with Crippen molar-refractivity contribution in [3.63, 3.8) is 0 Å². The standard InChI is InChI=1S/C17H24FNO2/c1-13(2)12-19(15-7-8-15)17(20)4-3-11-21-16-9-5-14(18)6-10-16/h5-6,9-10,13,15H,3-4,7-8,11-12H2,1-2H3. The SMILES string of the molecule is CC(C)CN(C(=O)CCCOc1ccc(F)cc1)C1CC1. The van der Waals surface area contributed by atoms with E-state index in [0.717, 1.165) is 19.4 Å². The summed E-state index contributed by atoms with van der Waals surface area (Å²) in [6.45, 7) is 5.61. The second-order valence-corrected chi connectivity index (χ2v) is 6.08. The molecule has 0 N–H and O–H groups in total. The Morgan fingerprint density at radius 2 is 2.00 bits per heavy atom. The van der Waals surface area contributed by atoms with Gasteiger partial charge in [0.1, 0.15) is 11.6 Å². The predicted octanol–water partition coefficient (Wildman–Crippen LogP) is 3.63. The van der Waals surface area contributed by atoms with Crippen LogP contribution < -0.4 is 4.74 Å². The van der Waals surface area contributed by atoms with Gasteiger partial charge in [0.15, 0.2) is 0 Å². The third-order valence-corrected chi connectivity index (χ3v) is 3.49. The summed E-state index contributed by atoms with van der Waals surface area (Å²) >= 11 is 0. The van der Waals surface area contributed by atoms with E-state index >= 15 is 0 Å². The van der Waals surface area contributed by atoms with Gasteiger partial charge >= 0.3 is 0 Å². The molecule has 0 aliphatic heterocycles. The summed E-state index contributed by atoms with van der Waals surface area (Å²) in [7, 11) is 0. The molecule has 0 heterocycles. The maximum absolute atomic E-state index is 12.7. The fraction of sp³-hybridized carbons (Fsp3) is 0.588. The number of carbonyl (C=O) groups excluding carboxylic acids is 1. The lowest BCUT2D eigenvalue weighted by Crippen LogP contribution is -2.36. The molecule has 116 valence electrons. The molecule has 1 saturated carbocycles. The summed E-state index contributed by atoms with van der Waals surface area (Å²) in [4.78, 5) is 14.3. The van der Waals surface area contributed by atoms with E-state index in [1.54, 1.807) is 12.1 Å². The van der Waals surface area contributed by atoms with Gasteiger partial charge < -0.3 is 9.64 Å². The molecule has 0 aromatic heterocycles. The van der Waals surface area contributed by atoms with Gasteiger partial charge in [-0.1, -0.05) is 13.8 Å². The van der Waals surface area contributed by atoms with Crippen LogP contribution in [0.25, 0.3) is 0 Å². The molecular formula is C17H24FNO2. The zero-order chi connectivity index (χ0) is 15.2. The first kappa shape index (κ1) is 15.8. The first-order chi connectivity index (χ1) is 10.1. The van der Waals surface area contributed by atoms with E-state index in [1.165, 1.54) is 12.1 Å². The highest BCUT2D eigenvalue weighted by Crippen LogP contribution is 2.28. The molecule has 0 bridgehead atoms. The smallest absolute Gasteiger partial charge is 0.222 e. The van der Waals surface area contributed by atoms with Gasteiger partial charge in [0.25, 0.3) is 0 Å². The summed E-state index contributed by atoms with van der Waals surface area (Å²) < 4.78 is 18.3. The Morgan fingerprint density at radius 1 is 1.33 bits per heavy atom. The van der Waals surface area contributed by atoms with E-state index in [9.17, 15) is 9.18 Å². The number of hydrogen-bond acceptors (Lipinski definition) is 2. The molecule has 4 heteroatoms. The minimum atomic E-state index is -0.272. The van der Waals surface area contributed by atoms with Crippen LogP contribution in [-0.4, -0.2) is 30.0 Å². The molecule has 1 aliphatic carbocycles. The van der Waals surface area contributed by atoms with Gasteiger partial charge in [0.2, 0.25) is 5.91 Å². The number of nitrogens with zero attached hydrogens (tertiary/aromatic N) is 1. The van der Waals surface area contributed by atoms with Crippen LogP contribution >= 0.6 is 0 Å². The average Bonchev–Trinajstić information content (AvgIpc) is 3.27. The van der Waals surface area contributed by atoms with Crippen molar-refractivity contribution in [1.29, 1.82) is 0 Å². The van der Waals surface area contributed by atoms with Gasteiger partial charge in [-0.2, -0.15) is 0 Å². The summed E-state index contributed by atoms with van der Waals surface area (Å²) in [6, 6.07) is 6.42. The van der Waals surface area contributed by atoms with Crippen molar-refractivity contribution in [2.75, 3.05) is 13.2 Å². The van der Waals surface area contributed by atoms with Crippen LogP contribution in [0.5, 0.6) is 5.75 Å². The average molecular weight is 293 g/mol. The highest BCUT2D eigenvalue weighted by Gasteiger charge is 2.32. The lowest BCUT2D eigenvalue weighted by molar-refractivity contribution is -0.132. The van der Waals surface area contributed by atoms with Crippen molar-refractivity contribution in [2.24, 2.45) is 5.92 Å². The van der Waals surface area contributed by atoms with Gasteiger partial charge in [0, 0.05) is 19.0 Å². The first-order valence-corrected chi connectivity index (χ1v) is 7.74. The second kappa shape index (κ2) is 7.43. The van der Waals surface area contributed by atoms with Crippen molar-refractivity contribution in [1.82, 2.24) is 4.90 Å². The van der Waals surface area contributed by atoms with Gasteiger partial charge in [-0.15, -0.1) is 0 Å². The van der Waals surface area contributed by atoms with Crippen LogP contribution in [0.4, 0.5) is 4.39 Å². The maximum atomic E-state index is 12.7. The summed E-state index contributed by atoms with van der Waals surface area (Å²) in [6.07, 6.45) is 3.50. The molecule has 1 aromatic rings. The molecular weight excluding hydrogens is 269 g/mol. The van der Waals surface area contributed by atoms with E-state index < -0.39 is 0 Å². The Kier molecular flexibility index (Phi) is 5.59. The second-order valence-electron chi connectivity index (χ2n) is 6.08. The summed E-state index contributed by atoms with van der Waals surface area (Å²) in [5.74, 6) is 1.11. The van der Waals surface area contributed by atoms with Crippen molar-refractivity contribution in [3.05, 3.63) is 30.1 Å². The molecule has 2 rings (SSSR count). The van der Waals surface area contributed by atoms with E-state index in [1.807, 2.05) is 4.90 Å². The third kappa shape index (κ3) is 5.37. The first-order valence-electron chi connectivity index (χ1n) is 7.74.